The van der Waals surface area contributed by atoms with Crippen LogP contribution in [0.5, 0.6) is 5.75 Å². The lowest BCUT2D eigenvalue weighted by Crippen LogP contribution is -2.18. The summed E-state index contributed by atoms with van der Waals surface area (Å²) in [5.41, 5.74) is 1.06. The Hall–Kier alpha value is -1.45. The molecule has 1 atom stereocenters. The first kappa shape index (κ1) is 13.0. The Morgan fingerprint density at radius 3 is 2.83 bits per heavy atom. The van der Waals surface area contributed by atoms with Crippen molar-refractivity contribution in [3.8, 4) is 5.75 Å². The summed E-state index contributed by atoms with van der Waals surface area (Å²) in [5, 5.41) is 3.94. The minimum atomic E-state index is 0.104. The average molecular weight is 266 g/mol. The van der Waals surface area contributed by atoms with Gasteiger partial charge in [-0.1, -0.05) is 11.6 Å². The number of halogens is 1. The van der Waals surface area contributed by atoms with Gasteiger partial charge in [0, 0.05) is 5.02 Å². The zero-order valence-corrected chi connectivity index (χ0v) is 11.2. The summed E-state index contributed by atoms with van der Waals surface area (Å²) in [5.74, 6) is 1.74. The molecule has 1 N–H and O–H groups in total. The van der Waals surface area contributed by atoms with E-state index in [2.05, 4.69) is 5.32 Å². The molecule has 2 rings (SSSR count). The lowest BCUT2D eigenvalue weighted by atomic mass is 10.0. The minimum absolute atomic E-state index is 0.104. The molecular formula is C14H16ClNO2. The van der Waals surface area contributed by atoms with Gasteiger partial charge < -0.3 is 14.5 Å². The van der Waals surface area contributed by atoms with Crippen LogP contribution in [0.2, 0.25) is 5.02 Å². The number of hydrogen-bond acceptors (Lipinski definition) is 3. The maximum Gasteiger partial charge on any atom is 0.122 e. The van der Waals surface area contributed by atoms with E-state index in [1.54, 1.807) is 13.4 Å². The predicted molar refractivity (Wildman–Crippen MR) is 72.2 cm³/mol. The summed E-state index contributed by atoms with van der Waals surface area (Å²) in [6.45, 7) is 0. The van der Waals surface area contributed by atoms with Crippen molar-refractivity contribution in [3.63, 3.8) is 0 Å². The second kappa shape index (κ2) is 5.94. The van der Waals surface area contributed by atoms with Crippen molar-refractivity contribution in [2.24, 2.45) is 0 Å². The quantitative estimate of drug-likeness (QED) is 0.899. The zero-order valence-electron chi connectivity index (χ0n) is 10.4. The predicted octanol–water partition coefficient (Wildman–Crippen LogP) is 3.44. The number of ether oxygens (including phenoxy) is 1. The van der Waals surface area contributed by atoms with E-state index >= 15 is 0 Å². The number of furan rings is 1. The molecule has 1 aromatic heterocycles. The van der Waals surface area contributed by atoms with Gasteiger partial charge >= 0.3 is 0 Å². The van der Waals surface area contributed by atoms with Crippen molar-refractivity contribution >= 4 is 11.6 Å². The van der Waals surface area contributed by atoms with Gasteiger partial charge in [0.25, 0.3) is 0 Å². The molecule has 0 amide bonds. The highest BCUT2D eigenvalue weighted by molar-refractivity contribution is 6.30. The molecule has 1 aromatic carbocycles. The molecular weight excluding hydrogens is 250 g/mol. The second-order valence-electron chi connectivity index (χ2n) is 4.02. The topological polar surface area (TPSA) is 34.4 Å². The van der Waals surface area contributed by atoms with Gasteiger partial charge in [-0.2, -0.15) is 0 Å². The summed E-state index contributed by atoms with van der Waals surface area (Å²) >= 11 is 6.03. The molecule has 2 aromatic rings. The van der Waals surface area contributed by atoms with E-state index in [9.17, 15) is 0 Å². The van der Waals surface area contributed by atoms with Gasteiger partial charge in [-0.15, -0.1) is 0 Å². The Kier molecular flexibility index (Phi) is 4.28. The second-order valence-corrected chi connectivity index (χ2v) is 4.45. The lowest BCUT2D eigenvalue weighted by Gasteiger charge is -2.16. The maximum atomic E-state index is 6.03. The van der Waals surface area contributed by atoms with Crippen LogP contribution in [-0.2, 0) is 6.42 Å². The summed E-state index contributed by atoms with van der Waals surface area (Å²) in [4.78, 5) is 0. The van der Waals surface area contributed by atoms with Crippen molar-refractivity contribution in [2.45, 2.75) is 12.5 Å². The molecule has 0 spiro atoms. The van der Waals surface area contributed by atoms with Crippen LogP contribution in [0.4, 0.5) is 0 Å². The van der Waals surface area contributed by atoms with Gasteiger partial charge in [-0.05, 0) is 49.4 Å². The third-order valence-electron chi connectivity index (χ3n) is 2.90. The molecule has 1 unspecified atom stereocenters. The van der Waals surface area contributed by atoms with E-state index in [-0.39, 0.29) is 6.04 Å². The lowest BCUT2D eigenvalue weighted by molar-refractivity contribution is 0.397. The number of likely N-dealkylation sites (N-methyl/N-ethyl adjacent to an activating group) is 1. The molecule has 0 radical (unpaired) electrons. The highest BCUT2D eigenvalue weighted by Crippen LogP contribution is 2.27. The van der Waals surface area contributed by atoms with Gasteiger partial charge in [0.2, 0.25) is 0 Å². The Morgan fingerprint density at radius 2 is 2.22 bits per heavy atom. The normalized spacial score (nSPS) is 12.4. The summed E-state index contributed by atoms with van der Waals surface area (Å²) in [6.07, 6.45) is 2.43. The van der Waals surface area contributed by atoms with E-state index in [0.29, 0.717) is 5.02 Å². The molecule has 96 valence electrons. The van der Waals surface area contributed by atoms with Gasteiger partial charge in [0.15, 0.2) is 0 Å². The van der Waals surface area contributed by atoms with E-state index in [1.165, 1.54) is 0 Å². The molecule has 0 aliphatic carbocycles. The highest BCUT2D eigenvalue weighted by atomic mass is 35.5. The van der Waals surface area contributed by atoms with Crippen molar-refractivity contribution in [2.75, 3.05) is 14.2 Å². The van der Waals surface area contributed by atoms with Crippen LogP contribution in [-0.4, -0.2) is 14.2 Å². The minimum Gasteiger partial charge on any atom is -0.496 e. The van der Waals surface area contributed by atoms with Crippen LogP contribution in [0.25, 0.3) is 0 Å². The van der Waals surface area contributed by atoms with Crippen LogP contribution in [0.15, 0.2) is 41.0 Å². The van der Waals surface area contributed by atoms with Crippen molar-refractivity contribution < 1.29 is 9.15 Å². The number of methoxy groups -OCH3 is 1. The standard InChI is InChI=1S/C14H16ClNO2/c1-16-12(14-4-3-7-18-14)9-10-8-11(15)5-6-13(10)17-2/h3-8,12,16H,9H2,1-2H3. The molecule has 0 aliphatic heterocycles. The molecule has 4 heteroatoms. The molecule has 0 saturated carbocycles. The van der Waals surface area contributed by atoms with Gasteiger partial charge in [-0.3, -0.25) is 0 Å². The number of rotatable bonds is 5. The average Bonchev–Trinajstić information content (AvgIpc) is 2.90. The smallest absolute Gasteiger partial charge is 0.122 e. The van der Waals surface area contributed by atoms with Crippen LogP contribution in [0.3, 0.4) is 0 Å². The van der Waals surface area contributed by atoms with E-state index in [0.717, 1.165) is 23.5 Å². The Labute approximate surface area is 112 Å². The Balaban J connectivity index is 2.24. The maximum absolute atomic E-state index is 6.03. The molecule has 3 nitrogen and oxygen atoms in total. The first-order valence-corrected chi connectivity index (χ1v) is 6.15. The number of hydrogen-bond donors (Lipinski definition) is 1. The van der Waals surface area contributed by atoms with Crippen LogP contribution < -0.4 is 10.1 Å². The number of nitrogens with one attached hydrogen (secondary N) is 1. The fourth-order valence-electron chi connectivity index (χ4n) is 1.96. The monoisotopic (exact) mass is 265 g/mol. The molecule has 0 aliphatic rings. The van der Waals surface area contributed by atoms with Crippen molar-refractivity contribution in [1.82, 2.24) is 5.32 Å². The first-order chi connectivity index (χ1) is 8.74. The molecule has 0 bridgehead atoms. The first-order valence-electron chi connectivity index (χ1n) is 5.77. The van der Waals surface area contributed by atoms with E-state index < -0.39 is 0 Å². The summed E-state index contributed by atoms with van der Waals surface area (Å²) in [7, 11) is 3.57. The summed E-state index contributed by atoms with van der Waals surface area (Å²) < 4.78 is 10.8. The van der Waals surface area contributed by atoms with Gasteiger partial charge in [-0.25, -0.2) is 0 Å². The zero-order chi connectivity index (χ0) is 13.0. The van der Waals surface area contributed by atoms with Gasteiger partial charge in [0.1, 0.15) is 11.5 Å². The summed E-state index contributed by atoms with van der Waals surface area (Å²) in [6, 6.07) is 9.57. The van der Waals surface area contributed by atoms with E-state index in [1.807, 2.05) is 37.4 Å². The Morgan fingerprint density at radius 1 is 1.39 bits per heavy atom. The van der Waals surface area contributed by atoms with Crippen LogP contribution in [0.1, 0.15) is 17.4 Å². The van der Waals surface area contributed by atoms with E-state index in [4.69, 9.17) is 20.8 Å². The van der Waals surface area contributed by atoms with Crippen LogP contribution in [0, 0.1) is 0 Å². The van der Waals surface area contributed by atoms with Gasteiger partial charge in [0.05, 0.1) is 19.4 Å². The number of benzene rings is 1. The highest BCUT2D eigenvalue weighted by Gasteiger charge is 2.15. The SMILES string of the molecule is CNC(Cc1cc(Cl)ccc1OC)c1ccco1. The van der Waals surface area contributed by atoms with Crippen LogP contribution >= 0.6 is 11.6 Å². The van der Waals surface area contributed by atoms with Crippen molar-refractivity contribution in [1.29, 1.82) is 0 Å². The largest absolute Gasteiger partial charge is 0.496 e. The Bertz CT molecular complexity index is 497. The fourth-order valence-corrected chi connectivity index (χ4v) is 2.16. The van der Waals surface area contributed by atoms with Crippen molar-refractivity contribution in [3.05, 3.63) is 52.9 Å². The molecule has 1 heterocycles. The third-order valence-corrected chi connectivity index (χ3v) is 3.14. The molecule has 0 saturated heterocycles. The molecule has 0 fully saturated rings. The third kappa shape index (κ3) is 2.86. The fraction of sp³-hybridized carbons (Fsp3) is 0.286. The molecule has 18 heavy (non-hydrogen) atoms.